The van der Waals surface area contributed by atoms with Gasteiger partial charge in [-0.15, -0.1) is 0 Å². The van der Waals surface area contributed by atoms with Gasteiger partial charge in [0.25, 0.3) is 0 Å². The minimum absolute atomic E-state index is 0.129. The minimum Gasteiger partial charge on any atom is -0.388 e. The number of hydrogen-bond donors (Lipinski definition) is 2. The van der Waals surface area contributed by atoms with Crippen molar-refractivity contribution in [2.45, 2.75) is 142 Å². The summed E-state index contributed by atoms with van der Waals surface area (Å²) >= 11 is 0. The van der Waals surface area contributed by atoms with Gasteiger partial charge in [-0.05, 0) is 117 Å². The van der Waals surface area contributed by atoms with E-state index in [1.807, 2.05) is 0 Å². The summed E-state index contributed by atoms with van der Waals surface area (Å²) in [5.41, 5.74) is 9.18. The predicted octanol–water partition coefficient (Wildman–Crippen LogP) is 9.98. The second-order valence-corrected chi connectivity index (χ2v) is 18.9. The van der Waals surface area contributed by atoms with E-state index in [1.165, 1.54) is 70.6 Å². The molecule has 3 N–H and O–H groups in total. The minimum atomic E-state index is -0.129. The van der Waals surface area contributed by atoms with Crippen molar-refractivity contribution >= 4 is 27.9 Å². The number of carbonyl (C=O) groups excluding carboxylic acids is 1. The molecular formula is C39H68N2O2S2. The molecule has 4 rings (SSSR count). The molecule has 0 aromatic heterocycles. The van der Waals surface area contributed by atoms with Gasteiger partial charge in [0.05, 0.1) is 18.0 Å². The number of nitrogens with two attached hydrogens (primary N) is 1. The largest absolute Gasteiger partial charge is 0.388 e. The molecule has 0 aliphatic heterocycles. The topological polar surface area (TPSA) is 64.3 Å². The van der Waals surface area contributed by atoms with Crippen LogP contribution in [0.15, 0.2) is 23.9 Å². The molecule has 0 amide bonds. The number of rotatable bonds is 20. The normalized spacial score (nSPS) is 33.9. The zero-order valence-electron chi connectivity index (χ0n) is 29.6. The summed E-state index contributed by atoms with van der Waals surface area (Å²) in [6.45, 7) is 19.1. The molecule has 6 heteroatoms. The van der Waals surface area contributed by atoms with Gasteiger partial charge < -0.3 is 20.6 Å². The Bertz CT molecular complexity index is 971. The molecule has 0 bridgehead atoms. The molecular weight excluding hydrogens is 593 g/mol. The molecule has 4 aliphatic carbocycles. The fourth-order valence-electron chi connectivity index (χ4n) is 10.2. The van der Waals surface area contributed by atoms with Crippen LogP contribution in [0.4, 0.5) is 0 Å². The van der Waals surface area contributed by atoms with E-state index in [9.17, 15) is 4.79 Å². The number of nitrogens with one attached hydrogen (secondary N) is 1. The summed E-state index contributed by atoms with van der Waals surface area (Å²) in [7, 11) is 3.35. The Morgan fingerprint density at radius 2 is 1.87 bits per heavy atom. The number of unbranched alkanes of at least 4 members (excludes halogenated alkanes) is 3. The summed E-state index contributed by atoms with van der Waals surface area (Å²) in [5.74, 6) is 6.06. The monoisotopic (exact) mass is 660 g/mol. The van der Waals surface area contributed by atoms with Crippen LogP contribution in [0.2, 0.25) is 0 Å². The molecule has 3 saturated carbocycles. The summed E-state index contributed by atoms with van der Waals surface area (Å²) in [4.78, 5) is 11.9. The van der Waals surface area contributed by atoms with Crippen LogP contribution in [-0.2, 0) is 9.53 Å². The van der Waals surface area contributed by atoms with Crippen LogP contribution in [0, 0.1) is 46.3 Å². The molecule has 0 aromatic carbocycles. The lowest BCUT2D eigenvalue weighted by Crippen LogP contribution is -2.51. The van der Waals surface area contributed by atoms with Crippen molar-refractivity contribution < 1.29 is 9.53 Å². The first-order chi connectivity index (χ1) is 21.6. The number of carbonyl (C=O) groups is 1. The molecule has 45 heavy (non-hydrogen) atoms. The van der Waals surface area contributed by atoms with E-state index < -0.39 is 0 Å². The Morgan fingerprint density at radius 1 is 1.07 bits per heavy atom. The maximum Gasteiger partial charge on any atom is 0.136 e. The van der Waals surface area contributed by atoms with E-state index in [0.717, 1.165) is 92.0 Å². The van der Waals surface area contributed by atoms with E-state index in [-0.39, 0.29) is 11.4 Å². The number of allylic oxidation sites excluding steroid dienone is 1. The molecule has 0 heterocycles. The number of hydrogen-bond acceptors (Lipinski definition) is 6. The van der Waals surface area contributed by atoms with Crippen LogP contribution < -0.4 is 11.1 Å². The van der Waals surface area contributed by atoms with E-state index in [0.29, 0.717) is 17.4 Å². The molecule has 4 nitrogen and oxygen atoms in total. The van der Waals surface area contributed by atoms with E-state index >= 15 is 0 Å². The third kappa shape index (κ3) is 9.60. The van der Waals surface area contributed by atoms with Crippen molar-refractivity contribution in [3.8, 4) is 0 Å². The van der Waals surface area contributed by atoms with Crippen molar-refractivity contribution in [3.63, 3.8) is 0 Å². The molecule has 0 radical (unpaired) electrons. The first-order valence-electron chi connectivity index (χ1n) is 18.8. The lowest BCUT2D eigenvalue weighted by molar-refractivity contribution is -0.109. The SMILES string of the molecule is C=C(CSSC(C=O)CO[C@H]1CC[C@@]2(C)C(=CC[C@H]3[C@@H]4CC[C@H]([C@H](C)CCCC(C)C)[C@@]4(C)CC[C@@H]32)C1)NCCCCCCN. The quantitative estimate of drug-likeness (QED) is 0.0587. The van der Waals surface area contributed by atoms with Gasteiger partial charge in [0.1, 0.15) is 6.29 Å². The van der Waals surface area contributed by atoms with Gasteiger partial charge in [-0.1, -0.05) is 107 Å². The van der Waals surface area contributed by atoms with Crippen LogP contribution >= 0.6 is 21.6 Å². The van der Waals surface area contributed by atoms with Crippen molar-refractivity contribution in [3.05, 3.63) is 23.9 Å². The average Bonchev–Trinajstić information content (AvgIpc) is 3.37. The molecule has 1 unspecified atom stereocenters. The Kier molecular flexibility index (Phi) is 14.8. The van der Waals surface area contributed by atoms with Crippen molar-refractivity contribution in [2.75, 3.05) is 25.4 Å². The van der Waals surface area contributed by atoms with Crippen molar-refractivity contribution in [2.24, 2.45) is 52.1 Å². The average molecular weight is 661 g/mol. The van der Waals surface area contributed by atoms with Crippen LogP contribution in [0.1, 0.15) is 131 Å². The van der Waals surface area contributed by atoms with E-state index in [2.05, 4.69) is 52.6 Å². The zero-order chi connectivity index (χ0) is 32.5. The van der Waals surface area contributed by atoms with Gasteiger partial charge in [-0.25, -0.2) is 0 Å². The third-order valence-corrected chi connectivity index (χ3v) is 15.4. The predicted molar refractivity (Wildman–Crippen MR) is 197 cm³/mol. The highest BCUT2D eigenvalue weighted by Gasteiger charge is 2.59. The third-order valence-electron chi connectivity index (χ3n) is 12.8. The fourth-order valence-corrected chi connectivity index (χ4v) is 12.4. The summed E-state index contributed by atoms with van der Waals surface area (Å²) in [6, 6.07) is 0. The second kappa shape index (κ2) is 17.8. The zero-order valence-corrected chi connectivity index (χ0v) is 31.3. The molecule has 0 spiro atoms. The Morgan fingerprint density at radius 3 is 2.62 bits per heavy atom. The number of aldehydes is 1. The van der Waals surface area contributed by atoms with E-state index in [1.54, 1.807) is 27.2 Å². The Labute approximate surface area is 285 Å². The lowest BCUT2D eigenvalue weighted by Gasteiger charge is -2.58. The van der Waals surface area contributed by atoms with Crippen LogP contribution in [-0.4, -0.2) is 43.1 Å². The van der Waals surface area contributed by atoms with Gasteiger partial charge in [0.2, 0.25) is 0 Å². The summed E-state index contributed by atoms with van der Waals surface area (Å²) < 4.78 is 6.45. The van der Waals surface area contributed by atoms with Crippen molar-refractivity contribution in [1.29, 1.82) is 0 Å². The maximum atomic E-state index is 11.9. The first kappa shape index (κ1) is 37.4. The van der Waals surface area contributed by atoms with Crippen LogP contribution in [0.3, 0.4) is 0 Å². The molecule has 0 saturated heterocycles. The maximum absolute atomic E-state index is 11.9. The second-order valence-electron chi connectivity index (χ2n) is 16.3. The molecule has 4 aliphatic rings. The highest BCUT2D eigenvalue weighted by Crippen LogP contribution is 2.67. The fraction of sp³-hybridized carbons (Fsp3) is 0.872. The molecule has 0 aromatic rings. The van der Waals surface area contributed by atoms with Gasteiger partial charge in [-0.3, -0.25) is 0 Å². The van der Waals surface area contributed by atoms with Gasteiger partial charge in [0, 0.05) is 18.0 Å². The summed E-state index contributed by atoms with van der Waals surface area (Å²) in [5, 5.41) is 3.30. The lowest BCUT2D eigenvalue weighted by atomic mass is 9.47. The number of fused-ring (bicyclic) bond motifs is 5. The smallest absolute Gasteiger partial charge is 0.136 e. The van der Waals surface area contributed by atoms with E-state index in [4.69, 9.17) is 10.5 Å². The first-order valence-corrected chi connectivity index (χ1v) is 21.2. The highest BCUT2D eigenvalue weighted by molar-refractivity contribution is 8.77. The van der Waals surface area contributed by atoms with Gasteiger partial charge >= 0.3 is 0 Å². The Balaban J connectivity index is 1.22. The summed E-state index contributed by atoms with van der Waals surface area (Å²) in [6.07, 6.45) is 23.4. The van der Waals surface area contributed by atoms with Crippen molar-refractivity contribution in [1.82, 2.24) is 5.32 Å². The van der Waals surface area contributed by atoms with Crippen LogP contribution in [0.5, 0.6) is 0 Å². The molecule has 258 valence electrons. The highest BCUT2D eigenvalue weighted by atomic mass is 33.1. The number of ether oxygens (including phenoxy) is 1. The van der Waals surface area contributed by atoms with Gasteiger partial charge in [-0.2, -0.15) is 0 Å². The van der Waals surface area contributed by atoms with Crippen LogP contribution in [0.25, 0.3) is 0 Å². The Hall–Kier alpha value is -0.430. The standard InChI is InChI=1S/C39H68N2O2S2/c1-28(2)12-11-13-29(3)35-16-17-36-34-15-14-31-24-32(18-20-38(31,5)37(34)19-21-39(35,36)6)43-26-33(25-42)45-44-27-30(4)41-23-10-8-7-9-22-40/h14,25,28-29,32-37,41H,4,7-13,15-24,26-27,40H2,1-3,5-6H3/t29-,32+,33?,34+,35-,36+,37+,38+,39-/m1/s1. The van der Waals surface area contributed by atoms with Gasteiger partial charge in [0.15, 0.2) is 0 Å². The molecule has 3 fully saturated rings. The molecule has 9 atom stereocenters.